The molecule has 1 aromatic heterocycles. The molecule has 2 aliphatic heterocycles. The van der Waals surface area contributed by atoms with E-state index < -0.39 is 0 Å². The van der Waals surface area contributed by atoms with Gasteiger partial charge in [-0.05, 0) is 6.92 Å². The summed E-state index contributed by atoms with van der Waals surface area (Å²) < 4.78 is 0. The molecule has 3 heterocycles. The molecule has 0 spiro atoms. The van der Waals surface area contributed by atoms with Crippen LogP contribution in [0.25, 0.3) is 0 Å². The highest BCUT2D eigenvalue weighted by Crippen LogP contribution is 2.18. The Labute approximate surface area is 123 Å². The summed E-state index contributed by atoms with van der Waals surface area (Å²) in [5.74, 6) is 0.0613. The normalized spacial score (nSPS) is 23.4. The van der Waals surface area contributed by atoms with Crippen molar-refractivity contribution >= 4 is 11.8 Å². The highest BCUT2D eigenvalue weighted by atomic mass is 16.2. The summed E-state index contributed by atoms with van der Waals surface area (Å²) in [5.41, 5.74) is 1.77. The second kappa shape index (κ2) is 5.40. The Balaban J connectivity index is 1.69. The fourth-order valence-electron chi connectivity index (χ4n) is 2.85. The van der Waals surface area contributed by atoms with E-state index in [-0.39, 0.29) is 24.4 Å². The molecule has 7 heteroatoms. The van der Waals surface area contributed by atoms with Gasteiger partial charge in [-0.15, -0.1) is 0 Å². The lowest BCUT2D eigenvalue weighted by molar-refractivity contribution is -0.158. The molecule has 112 valence electrons. The molecule has 0 aromatic carbocycles. The zero-order valence-electron chi connectivity index (χ0n) is 12.3. The SMILES string of the molecule is Cc1cnc(CN2CCN3C(=O)CN(C)C(=O)[C@H]3C2)cn1. The van der Waals surface area contributed by atoms with Crippen LogP contribution in [-0.4, -0.2) is 75.8 Å². The Kier molecular flexibility index (Phi) is 3.59. The second-order valence-electron chi connectivity index (χ2n) is 5.68. The van der Waals surface area contributed by atoms with Gasteiger partial charge < -0.3 is 9.80 Å². The van der Waals surface area contributed by atoms with Gasteiger partial charge in [-0.1, -0.05) is 0 Å². The lowest BCUT2D eigenvalue weighted by atomic mass is 10.1. The number of fused-ring (bicyclic) bond motifs is 1. The maximum atomic E-state index is 12.2. The van der Waals surface area contributed by atoms with Crippen molar-refractivity contribution in [3.63, 3.8) is 0 Å². The first kappa shape index (κ1) is 13.9. The Hall–Kier alpha value is -2.02. The van der Waals surface area contributed by atoms with E-state index in [4.69, 9.17) is 0 Å². The van der Waals surface area contributed by atoms with Crippen molar-refractivity contribution in [2.24, 2.45) is 0 Å². The highest BCUT2D eigenvalue weighted by Gasteiger charge is 2.41. The third-order valence-corrected chi connectivity index (χ3v) is 4.04. The summed E-state index contributed by atoms with van der Waals surface area (Å²) in [4.78, 5) is 38.2. The number of aryl methyl sites for hydroxylation is 1. The minimum absolute atomic E-state index is 0.0225. The van der Waals surface area contributed by atoms with Crippen molar-refractivity contribution in [3.05, 3.63) is 23.8 Å². The number of carbonyl (C=O) groups is 2. The van der Waals surface area contributed by atoms with E-state index in [1.807, 2.05) is 6.92 Å². The Morgan fingerprint density at radius 1 is 1.24 bits per heavy atom. The maximum Gasteiger partial charge on any atom is 0.246 e. The number of likely N-dealkylation sites (N-methyl/N-ethyl adjacent to an activating group) is 1. The fraction of sp³-hybridized carbons (Fsp3) is 0.571. The number of carbonyl (C=O) groups excluding carboxylic acids is 2. The Morgan fingerprint density at radius 3 is 2.76 bits per heavy atom. The molecule has 1 aromatic rings. The largest absolute Gasteiger partial charge is 0.335 e. The molecular formula is C14H19N5O2. The second-order valence-corrected chi connectivity index (χ2v) is 5.68. The van der Waals surface area contributed by atoms with Gasteiger partial charge in [0.15, 0.2) is 0 Å². The predicted molar refractivity (Wildman–Crippen MR) is 75.2 cm³/mol. The molecule has 0 radical (unpaired) electrons. The van der Waals surface area contributed by atoms with Crippen LogP contribution in [-0.2, 0) is 16.1 Å². The van der Waals surface area contributed by atoms with Gasteiger partial charge in [0.1, 0.15) is 6.04 Å². The standard InChI is InChI=1S/C14H19N5O2/c1-10-5-16-11(6-15-10)7-18-3-4-19-12(8-18)14(21)17(2)9-13(19)20/h5-6,12H,3-4,7-9H2,1-2H3/t12-/m1/s1. The van der Waals surface area contributed by atoms with Crippen LogP contribution in [0.15, 0.2) is 12.4 Å². The molecule has 2 amide bonds. The lowest BCUT2D eigenvalue weighted by Crippen LogP contribution is -2.65. The van der Waals surface area contributed by atoms with E-state index in [9.17, 15) is 9.59 Å². The molecule has 1 atom stereocenters. The average Bonchev–Trinajstić information content (AvgIpc) is 2.47. The molecular weight excluding hydrogens is 270 g/mol. The van der Waals surface area contributed by atoms with Crippen LogP contribution in [0.3, 0.4) is 0 Å². The van der Waals surface area contributed by atoms with Crippen LogP contribution in [0.2, 0.25) is 0 Å². The van der Waals surface area contributed by atoms with Crippen LogP contribution in [0.5, 0.6) is 0 Å². The van der Waals surface area contributed by atoms with Gasteiger partial charge in [-0.25, -0.2) is 0 Å². The smallest absolute Gasteiger partial charge is 0.246 e. The molecule has 2 saturated heterocycles. The number of nitrogens with zero attached hydrogens (tertiary/aromatic N) is 5. The molecule has 0 N–H and O–H groups in total. The summed E-state index contributed by atoms with van der Waals surface area (Å²) >= 11 is 0. The first-order valence-electron chi connectivity index (χ1n) is 7.09. The molecule has 2 aliphatic rings. The van der Waals surface area contributed by atoms with Crippen LogP contribution >= 0.6 is 0 Å². The first-order chi connectivity index (χ1) is 10.0. The van der Waals surface area contributed by atoms with Crippen LogP contribution in [0.1, 0.15) is 11.4 Å². The number of amides is 2. The minimum atomic E-state index is -0.358. The highest BCUT2D eigenvalue weighted by molar-refractivity contribution is 5.95. The lowest BCUT2D eigenvalue weighted by Gasteiger charge is -2.45. The number of hydrogen-bond donors (Lipinski definition) is 0. The molecule has 0 bridgehead atoms. The maximum absolute atomic E-state index is 12.2. The number of rotatable bonds is 2. The van der Waals surface area contributed by atoms with Gasteiger partial charge in [-0.2, -0.15) is 0 Å². The summed E-state index contributed by atoms with van der Waals surface area (Å²) in [6, 6.07) is -0.358. The third kappa shape index (κ3) is 2.73. The van der Waals surface area contributed by atoms with Gasteiger partial charge in [-0.3, -0.25) is 24.5 Å². The first-order valence-corrected chi connectivity index (χ1v) is 7.09. The topological polar surface area (TPSA) is 69.6 Å². The summed E-state index contributed by atoms with van der Waals surface area (Å²) in [6.45, 7) is 4.67. The zero-order chi connectivity index (χ0) is 15.0. The van der Waals surface area contributed by atoms with Crippen molar-refractivity contribution in [1.29, 1.82) is 0 Å². The molecule has 0 aliphatic carbocycles. The van der Waals surface area contributed by atoms with E-state index in [1.54, 1.807) is 24.3 Å². The van der Waals surface area contributed by atoms with Gasteiger partial charge in [0.25, 0.3) is 0 Å². The summed E-state index contributed by atoms with van der Waals surface area (Å²) in [7, 11) is 1.68. The van der Waals surface area contributed by atoms with Crippen LogP contribution in [0.4, 0.5) is 0 Å². The quantitative estimate of drug-likeness (QED) is 0.718. The van der Waals surface area contributed by atoms with Crippen LogP contribution in [0, 0.1) is 6.92 Å². The number of aromatic nitrogens is 2. The predicted octanol–water partition coefficient (Wildman–Crippen LogP) is -0.730. The van der Waals surface area contributed by atoms with Crippen molar-refractivity contribution < 1.29 is 9.59 Å². The molecule has 7 nitrogen and oxygen atoms in total. The van der Waals surface area contributed by atoms with E-state index in [1.165, 1.54) is 4.90 Å². The fourth-order valence-corrected chi connectivity index (χ4v) is 2.85. The Morgan fingerprint density at radius 2 is 2.05 bits per heavy atom. The monoisotopic (exact) mass is 289 g/mol. The zero-order valence-corrected chi connectivity index (χ0v) is 12.3. The van der Waals surface area contributed by atoms with Crippen molar-refractivity contribution in [3.8, 4) is 0 Å². The number of hydrogen-bond acceptors (Lipinski definition) is 5. The Bertz CT molecular complexity index is 559. The molecule has 2 fully saturated rings. The van der Waals surface area contributed by atoms with E-state index in [0.717, 1.165) is 17.9 Å². The van der Waals surface area contributed by atoms with E-state index in [2.05, 4.69) is 14.9 Å². The van der Waals surface area contributed by atoms with E-state index in [0.29, 0.717) is 19.6 Å². The van der Waals surface area contributed by atoms with Crippen molar-refractivity contribution in [2.45, 2.75) is 19.5 Å². The molecule has 21 heavy (non-hydrogen) atoms. The molecule has 0 saturated carbocycles. The summed E-state index contributed by atoms with van der Waals surface area (Å²) in [6.07, 6.45) is 3.51. The third-order valence-electron chi connectivity index (χ3n) is 4.04. The minimum Gasteiger partial charge on any atom is -0.335 e. The van der Waals surface area contributed by atoms with Crippen LogP contribution < -0.4 is 0 Å². The summed E-state index contributed by atoms with van der Waals surface area (Å²) in [5, 5.41) is 0. The number of piperazine rings is 2. The van der Waals surface area contributed by atoms with Gasteiger partial charge in [0.2, 0.25) is 11.8 Å². The van der Waals surface area contributed by atoms with E-state index >= 15 is 0 Å². The molecule has 3 rings (SSSR count). The van der Waals surface area contributed by atoms with Gasteiger partial charge in [0.05, 0.1) is 17.9 Å². The van der Waals surface area contributed by atoms with Crippen molar-refractivity contribution in [2.75, 3.05) is 33.2 Å². The van der Waals surface area contributed by atoms with Gasteiger partial charge in [0, 0.05) is 45.6 Å². The average molecular weight is 289 g/mol. The van der Waals surface area contributed by atoms with Crippen molar-refractivity contribution in [1.82, 2.24) is 24.7 Å². The molecule has 0 unspecified atom stereocenters. The van der Waals surface area contributed by atoms with Gasteiger partial charge >= 0.3 is 0 Å².